The molecule has 3 nitrogen and oxygen atoms in total. The molecule has 0 spiro atoms. The van der Waals surface area contributed by atoms with E-state index in [0.717, 1.165) is 28.2 Å². The molecule has 0 amide bonds. The van der Waals surface area contributed by atoms with E-state index in [1.54, 1.807) is 0 Å². The van der Waals surface area contributed by atoms with Crippen LogP contribution in [0, 0.1) is 0 Å². The van der Waals surface area contributed by atoms with Crippen molar-refractivity contribution in [3.05, 3.63) is 188 Å². The van der Waals surface area contributed by atoms with Gasteiger partial charge in [-0.25, -0.2) is 4.98 Å². The van der Waals surface area contributed by atoms with E-state index in [-0.39, 0.29) is 0 Å². The number of benzene rings is 7. The van der Waals surface area contributed by atoms with Crippen LogP contribution in [0.1, 0.15) is 0 Å². The summed E-state index contributed by atoms with van der Waals surface area (Å²) in [4.78, 5) is 5.17. The lowest BCUT2D eigenvalue weighted by atomic mass is 9.98. The maximum absolute atomic E-state index is 5.17. The van der Waals surface area contributed by atoms with Crippen LogP contribution >= 0.6 is 0 Å². The SMILES string of the molecule is c1ccc(-c2cc(-n3c4ccccc4c4c(-c5ccc6c(c5)c5ccccc5n6-c5ccccc5)cccc43)cc(-c3ccccc3)n2)cc1. The number of hydrogen-bond acceptors (Lipinski definition) is 1. The maximum atomic E-state index is 5.17. The fourth-order valence-electron chi connectivity index (χ4n) is 7.69. The first-order valence-corrected chi connectivity index (χ1v) is 17.1. The first-order chi connectivity index (χ1) is 24.8. The summed E-state index contributed by atoms with van der Waals surface area (Å²) in [5.74, 6) is 0. The normalized spacial score (nSPS) is 11.6. The molecule has 3 heteroatoms. The molecule has 0 radical (unpaired) electrons. The summed E-state index contributed by atoms with van der Waals surface area (Å²) in [6.45, 7) is 0. The van der Waals surface area contributed by atoms with Crippen LogP contribution in [0.3, 0.4) is 0 Å². The summed E-state index contributed by atoms with van der Waals surface area (Å²) >= 11 is 0. The van der Waals surface area contributed by atoms with Crippen molar-refractivity contribution in [2.24, 2.45) is 0 Å². The Labute approximate surface area is 290 Å². The monoisotopic (exact) mass is 637 g/mol. The zero-order chi connectivity index (χ0) is 33.0. The Morgan fingerprint density at radius 1 is 0.320 bits per heavy atom. The molecule has 0 aliphatic carbocycles. The van der Waals surface area contributed by atoms with E-state index in [0.29, 0.717) is 0 Å². The van der Waals surface area contributed by atoms with Crippen molar-refractivity contribution in [2.45, 2.75) is 0 Å². The van der Waals surface area contributed by atoms with Crippen LogP contribution in [0.2, 0.25) is 0 Å². The fourth-order valence-corrected chi connectivity index (χ4v) is 7.69. The molecule has 3 aromatic heterocycles. The Balaban J connectivity index is 1.23. The van der Waals surface area contributed by atoms with Crippen molar-refractivity contribution in [3.63, 3.8) is 0 Å². The summed E-state index contributed by atoms with van der Waals surface area (Å²) < 4.78 is 4.79. The zero-order valence-corrected chi connectivity index (χ0v) is 27.2. The smallest absolute Gasteiger partial charge is 0.0730 e. The second kappa shape index (κ2) is 11.5. The predicted molar refractivity (Wildman–Crippen MR) is 209 cm³/mol. The lowest BCUT2D eigenvalue weighted by Gasteiger charge is -2.13. The summed E-state index contributed by atoms with van der Waals surface area (Å²) in [5.41, 5.74) is 13.5. The number of aromatic nitrogens is 3. The zero-order valence-electron chi connectivity index (χ0n) is 27.2. The van der Waals surface area contributed by atoms with Gasteiger partial charge in [0, 0.05) is 38.4 Å². The lowest BCUT2D eigenvalue weighted by molar-refractivity contribution is 1.16. The average Bonchev–Trinajstić information content (AvgIpc) is 3.71. The average molecular weight is 638 g/mol. The highest BCUT2D eigenvalue weighted by Crippen LogP contribution is 2.41. The summed E-state index contributed by atoms with van der Waals surface area (Å²) in [6.07, 6.45) is 0. The first-order valence-electron chi connectivity index (χ1n) is 17.1. The van der Waals surface area contributed by atoms with Gasteiger partial charge in [0.05, 0.1) is 39.1 Å². The number of rotatable bonds is 5. The van der Waals surface area contributed by atoms with E-state index in [1.165, 1.54) is 60.4 Å². The van der Waals surface area contributed by atoms with Crippen molar-refractivity contribution in [3.8, 4) is 45.0 Å². The number of nitrogens with zero attached hydrogens (tertiary/aromatic N) is 3. The standard InChI is InChI=1S/C47H31N3/c1-4-15-32(16-5-1)41-30-36(31-42(48-41)33-17-6-2-7-18-33)50-44-25-13-11-22-39(44)47-37(23-14-26-46(47)50)34-27-28-45-40(29-34)38-21-10-12-24-43(38)49(45)35-19-8-3-9-20-35/h1-31H. The molecular formula is C47H31N3. The van der Waals surface area contributed by atoms with Gasteiger partial charge in [0.25, 0.3) is 0 Å². The molecule has 0 aliphatic heterocycles. The Morgan fingerprint density at radius 3 is 1.52 bits per heavy atom. The lowest BCUT2D eigenvalue weighted by Crippen LogP contribution is -1.98. The molecule has 10 aromatic rings. The second-order valence-electron chi connectivity index (χ2n) is 12.8. The van der Waals surface area contributed by atoms with Gasteiger partial charge < -0.3 is 9.13 Å². The quantitative estimate of drug-likeness (QED) is 0.184. The largest absolute Gasteiger partial charge is 0.309 e. The molecule has 0 saturated heterocycles. The second-order valence-corrected chi connectivity index (χ2v) is 12.8. The third kappa shape index (κ3) is 4.48. The molecule has 3 heterocycles. The molecular weight excluding hydrogens is 607 g/mol. The Hall–Kier alpha value is -6.71. The highest BCUT2D eigenvalue weighted by atomic mass is 15.0. The van der Waals surface area contributed by atoms with Crippen molar-refractivity contribution in [2.75, 3.05) is 0 Å². The first kappa shape index (κ1) is 28.3. The topological polar surface area (TPSA) is 22.8 Å². The molecule has 234 valence electrons. The third-order valence-corrected chi connectivity index (χ3v) is 9.90. The van der Waals surface area contributed by atoms with Crippen LogP contribution in [0.25, 0.3) is 88.6 Å². The van der Waals surface area contributed by atoms with Gasteiger partial charge in [-0.1, -0.05) is 133 Å². The van der Waals surface area contributed by atoms with Crippen LogP contribution in [0.5, 0.6) is 0 Å². The molecule has 7 aromatic carbocycles. The number of pyridine rings is 1. The molecule has 10 rings (SSSR count). The fraction of sp³-hybridized carbons (Fsp3) is 0. The van der Waals surface area contributed by atoms with E-state index in [2.05, 4.69) is 197 Å². The van der Waals surface area contributed by atoms with Gasteiger partial charge in [0.2, 0.25) is 0 Å². The minimum absolute atomic E-state index is 0.948. The van der Waals surface area contributed by atoms with E-state index in [9.17, 15) is 0 Å². The van der Waals surface area contributed by atoms with Crippen molar-refractivity contribution in [1.82, 2.24) is 14.1 Å². The molecule has 0 saturated carbocycles. The van der Waals surface area contributed by atoms with Crippen molar-refractivity contribution in [1.29, 1.82) is 0 Å². The number of fused-ring (bicyclic) bond motifs is 6. The van der Waals surface area contributed by atoms with Crippen molar-refractivity contribution < 1.29 is 0 Å². The van der Waals surface area contributed by atoms with Crippen LogP contribution in [0.15, 0.2) is 188 Å². The Morgan fingerprint density at radius 2 is 0.840 bits per heavy atom. The van der Waals surface area contributed by atoms with E-state index in [4.69, 9.17) is 4.98 Å². The van der Waals surface area contributed by atoms with Crippen LogP contribution < -0.4 is 0 Å². The van der Waals surface area contributed by atoms with E-state index in [1.807, 2.05) is 0 Å². The molecule has 0 bridgehead atoms. The Bertz CT molecular complexity index is 2790. The van der Waals surface area contributed by atoms with E-state index < -0.39 is 0 Å². The van der Waals surface area contributed by atoms with Gasteiger partial charge >= 0.3 is 0 Å². The molecule has 0 N–H and O–H groups in total. The van der Waals surface area contributed by atoms with Crippen molar-refractivity contribution >= 4 is 43.6 Å². The van der Waals surface area contributed by atoms with Crippen LogP contribution in [-0.2, 0) is 0 Å². The van der Waals surface area contributed by atoms with Gasteiger partial charge in [-0.05, 0) is 65.7 Å². The minimum atomic E-state index is 0.948. The maximum Gasteiger partial charge on any atom is 0.0730 e. The summed E-state index contributed by atoms with van der Waals surface area (Å²) in [5, 5.41) is 4.97. The highest BCUT2D eigenvalue weighted by Gasteiger charge is 2.19. The molecule has 0 aliphatic rings. The summed E-state index contributed by atoms with van der Waals surface area (Å²) in [7, 11) is 0. The highest BCUT2D eigenvalue weighted by molar-refractivity contribution is 6.17. The number of hydrogen-bond donors (Lipinski definition) is 0. The molecule has 50 heavy (non-hydrogen) atoms. The van der Waals surface area contributed by atoms with Gasteiger partial charge in [-0.15, -0.1) is 0 Å². The van der Waals surface area contributed by atoms with Gasteiger partial charge in [0.1, 0.15) is 0 Å². The van der Waals surface area contributed by atoms with Crippen LogP contribution in [-0.4, -0.2) is 14.1 Å². The third-order valence-electron chi connectivity index (χ3n) is 9.90. The molecule has 0 fully saturated rings. The van der Waals surface area contributed by atoms with Gasteiger partial charge in [-0.2, -0.15) is 0 Å². The number of para-hydroxylation sites is 3. The molecule has 0 atom stereocenters. The van der Waals surface area contributed by atoms with E-state index >= 15 is 0 Å². The minimum Gasteiger partial charge on any atom is -0.309 e. The Kier molecular flexibility index (Phi) is 6.49. The van der Waals surface area contributed by atoms with Gasteiger partial charge in [0.15, 0.2) is 0 Å². The predicted octanol–water partition coefficient (Wildman–Crippen LogP) is 12.3. The summed E-state index contributed by atoms with van der Waals surface area (Å²) in [6, 6.07) is 67.2. The van der Waals surface area contributed by atoms with Crippen LogP contribution in [0.4, 0.5) is 0 Å². The van der Waals surface area contributed by atoms with Gasteiger partial charge in [-0.3, -0.25) is 0 Å². The molecule has 0 unspecified atom stereocenters.